The number of carbonyl (C=O) groups is 2. The van der Waals surface area contributed by atoms with Crippen LogP contribution in [-0.2, 0) is 42.7 Å². The van der Waals surface area contributed by atoms with Crippen molar-refractivity contribution >= 4 is 11.9 Å². The van der Waals surface area contributed by atoms with Crippen molar-refractivity contribution in [2.45, 2.75) is 38.4 Å². The molecule has 202 valence electrons. The molecule has 0 spiro atoms. The molecule has 0 radical (unpaired) electrons. The molecule has 0 amide bonds. The topological polar surface area (TPSA) is 98.9 Å². The summed E-state index contributed by atoms with van der Waals surface area (Å²) in [6, 6.07) is 6.80. The van der Waals surface area contributed by atoms with Crippen LogP contribution in [0, 0.1) is 5.82 Å². The Hall–Kier alpha value is -3.20. The van der Waals surface area contributed by atoms with Crippen molar-refractivity contribution in [3.8, 4) is 0 Å². The minimum atomic E-state index is -5.08. The number of nitrogens with zero attached hydrogens (tertiary/aromatic N) is 4. The van der Waals surface area contributed by atoms with Crippen LogP contribution in [0.1, 0.15) is 22.5 Å². The van der Waals surface area contributed by atoms with Gasteiger partial charge in [-0.3, -0.25) is 9.58 Å². The molecule has 1 aromatic heterocycles. The van der Waals surface area contributed by atoms with Gasteiger partial charge >= 0.3 is 24.3 Å². The molecule has 3 rings (SSSR count). The maximum Gasteiger partial charge on any atom is 0.490 e. The lowest BCUT2D eigenvalue weighted by molar-refractivity contribution is -0.193. The third kappa shape index (κ3) is 10.2. The van der Waals surface area contributed by atoms with E-state index in [0.29, 0.717) is 0 Å². The van der Waals surface area contributed by atoms with Gasteiger partial charge in [-0.1, -0.05) is 12.1 Å². The number of carboxylic acids is 2. The summed E-state index contributed by atoms with van der Waals surface area (Å²) in [7, 11) is 6.18. The average Bonchev–Trinajstić information content (AvgIpc) is 3.03. The van der Waals surface area contributed by atoms with Gasteiger partial charge in [-0.15, -0.1) is 0 Å². The zero-order chi connectivity index (χ0) is 27.8. The average molecular weight is 530 g/mol. The van der Waals surface area contributed by atoms with Gasteiger partial charge in [0, 0.05) is 38.8 Å². The van der Waals surface area contributed by atoms with E-state index in [0.717, 1.165) is 38.2 Å². The van der Waals surface area contributed by atoms with Gasteiger partial charge in [-0.2, -0.15) is 31.4 Å². The molecule has 0 saturated carbocycles. The Morgan fingerprint density at radius 3 is 1.89 bits per heavy atom. The fraction of sp³-hybridized carbons (Fsp3) is 0.476. The molecular formula is C21H25F7N4O4. The van der Waals surface area contributed by atoms with E-state index in [-0.39, 0.29) is 5.82 Å². The summed E-state index contributed by atoms with van der Waals surface area (Å²) in [6.07, 6.45) is -9.13. The van der Waals surface area contributed by atoms with Crippen LogP contribution in [0.3, 0.4) is 0 Å². The number of aromatic nitrogens is 2. The van der Waals surface area contributed by atoms with Gasteiger partial charge < -0.3 is 15.1 Å². The van der Waals surface area contributed by atoms with E-state index >= 15 is 0 Å². The van der Waals surface area contributed by atoms with Crippen molar-refractivity contribution in [2.75, 3.05) is 20.6 Å². The first-order chi connectivity index (χ1) is 16.4. The molecular weight excluding hydrogens is 505 g/mol. The van der Waals surface area contributed by atoms with Gasteiger partial charge in [0.1, 0.15) is 5.82 Å². The van der Waals surface area contributed by atoms with Gasteiger partial charge in [-0.05, 0) is 38.2 Å². The second kappa shape index (κ2) is 12.7. The second-order valence-electron chi connectivity index (χ2n) is 7.93. The summed E-state index contributed by atoms with van der Waals surface area (Å²) in [5.41, 5.74) is 5.07. The molecule has 2 aromatic rings. The third-order valence-electron chi connectivity index (χ3n) is 4.68. The van der Waals surface area contributed by atoms with E-state index in [1.165, 1.54) is 29.1 Å². The molecule has 0 fully saturated rings. The molecule has 1 aromatic carbocycles. The molecule has 8 nitrogen and oxygen atoms in total. The Balaban J connectivity index is 0.000000383. The Bertz CT molecular complexity index is 995. The third-order valence-corrected chi connectivity index (χ3v) is 4.68. The Morgan fingerprint density at radius 1 is 1.00 bits per heavy atom. The molecule has 0 bridgehead atoms. The van der Waals surface area contributed by atoms with Crippen molar-refractivity contribution < 1.29 is 50.5 Å². The summed E-state index contributed by atoms with van der Waals surface area (Å²) in [5, 5.41) is 18.9. The van der Waals surface area contributed by atoms with Crippen molar-refractivity contribution in [3.05, 3.63) is 52.6 Å². The quantitative estimate of drug-likeness (QED) is 0.585. The van der Waals surface area contributed by atoms with Crippen LogP contribution in [0.2, 0.25) is 0 Å². The van der Waals surface area contributed by atoms with Crippen molar-refractivity contribution in [3.63, 3.8) is 0 Å². The fourth-order valence-corrected chi connectivity index (χ4v) is 3.12. The first-order valence-corrected chi connectivity index (χ1v) is 10.2. The largest absolute Gasteiger partial charge is 0.490 e. The van der Waals surface area contributed by atoms with Crippen LogP contribution >= 0.6 is 0 Å². The normalized spacial score (nSPS) is 13.8. The fourth-order valence-electron chi connectivity index (χ4n) is 3.12. The van der Waals surface area contributed by atoms with Crippen molar-refractivity contribution in [2.24, 2.45) is 7.05 Å². The summed E-state index contributed by atoms with van der Waals surface area (Å²) in [4.78, 5) is 22.4. The van der Waals surface area contributed by atoms with E-state index in [4.69, 9.17) is 19.8 Å². The number of hydrogen-bond donors (Lipinski definition) is 2. The molecule has 15 heteroatoms. The van der Waals surface area contributed by atoms with Gasteiger partial charge in [0.25, 0.3) is 0 Å². The highest BCUT2D eigenvalue weighted by Crippen LogP contribution is 2.24. The predicted molar refractivity (Wildman–Crippen MR) is 112 cm³/mol. The monoisotopic (exact) mass is 530 g/mol. The molecule has 0 saturated heterocycles. The number of halogens is 7. The van der Waals surface area contributed by atoms with Gasteiger partial charge in [0.05, 0.1) is 11.4 Å². The van der Waals surface area contributed by atoms with E-state index in [1.54, 1.807) is 0 Å². The molecule has 36 heavy (non-hydrogen) atoms. The van der Waals surface area contributed by atoms with Crippen molar-refractivity contribution in [1.82, 2.24) is 19.6 Å². The van der Waals surface area contributed by atoms with Gasteiger partial charge in [0.2, 0.25) is 0 Å². The first-order valence-electron chi connectivity index (χ1n) is 10.2. The summed E-state index contributed by atoms with van der Waals surface area (Å²) in [6.45, 7) is 3.68. The molecule has 2 heterocycles. The predicted octanol–water partition coefficient (Wildman–Crippen LogP) is 3.45. The van der Waals surface area contributed by atoms with Crippen LogP contribution < -0.4 is 0 Å². The number of carboxylic acid groups (broad SMARTS) is 2. The molecule has 0 unspecified atom stereocenters. The number of rotatable bonds is 4. The summed E-state index contributed by atoms with van der Waals surface area (Å²) < 4.78 is 78.5. The Kier molecular flexibility index (Phi) is 10.8. The molecule has 0 atom stereocenters. The van der Waals surface area contributed by atoms with Crippen LogP contribution in [0.4, 0.5) is 30.7 Å². The zero-order valence-corrected chi connectivity index (χ0v) is 19.5. The number of alkyl halides is 6. The van der Waals surface area contributed by atoms with E-state index < -0.39 is 24.3 Å². The van der Waals surface area contributed by atoms with Crippen LogP contribution in [0.5, 0.6) is 0 Å². The van der Waals surface area contributed by atoms with Crippen LogP contribution in [0.25, 0.3) is 0 Å². The number of fused-ring (bicyclic) bond motifs is 1. The van der Waals surface area contributed by atoms with Gasteiger partial charge in [-0.25, -0.2) is 14.0 Å². The molecule has 0 aliphatic carbocycles. The zero-order valence-electron chi connectivity index (χ0n) is 19.5. The summed E-state index contributed by atoms with van der Waals surface area (Å²) >= 11 is 0. The lowest BCUT2D eigenvalue weighted by atomic mass is 10.0. The maximum atomic E-state index is 13.0. The van der Waals surface area contributed by atoms with E-state index in [9.17, 15) is 30.7 Å². The maximum absolute atomic E-state index is 13.0. The minimum Gasteiger partial charge on any atom is -0.475 e. The minimum absolute atomic E-state index is 0.176. The standard InChI is InChI=1S/C17H23FN4.2C2HF3O2/c1-20(2)11-16-15-8-9-22(12-17(15)21(3)19-16)10-13-4-6-14(18)7-5-13;2*3-2(4,5)1(6)7/h4-7H,8-12H2,1-3H3;2*(H,6,7). The Labute approximate surface area is 201 Å². The second-order valence-corrected chi connectivity index (χ2v) is 7.93. The lowest BCUT2D eigenvalue weighted by Crippen LogP contribution is -2.31. The van der Waals surface area contributed by atoms with E-state index in [1.807, 2.05) is 23.9 Å². The van der Waals surface area contributed by atoms with Gasteiger partial charge in [0.15, 0.2) is 0 Å². The number of aliphatic carboxylic acids is 2. The van der Waals surface area contributed by atoms with E-state index in [2.05, 4.69) is 29.0 Å². The smallest absolute Gasteiger partial charge is 0.475 e. The molecule has 1 aliphatic heterocycles. The van der Waals surface area contributed by atoms with Crippen LogP contribution in [0.15, 0.2) is 24.3 Å². The molecule has 2 N–H and O–H groups in total. The highest BCUT2D eigenvalue weighted by molar-refractivity contribution is 5.73. The number of benzene rings is 1. The highest BCUT2D eigenvalue weighted by Gasteiger charge is 2.38. The SMILES string of the molecule is CN(C)Cc1nn(C)c2c1CCN(Cc1ccc(F)cc1)C2.O=C(O)C(F)(F)F.O=C(O)C(F)(F)F. The highest BCUT2D eigenvalue weighted by atomic mass is 19.4. The Morgan fingerprint density at radius 2 is 1.47 bits per heavy atom. The summed E-state index contributed by atoms with van der Waals surface area (Å²) in [5.74, 6) is -5.69. The number of aryl methyl sites for hydroxylation is 1. The van der Waals surface area contributed by atoms with Crippen molar-refractivity contribution in [1.29, 1.82) is 0 Å². The number of hydrogen-bond acceptors (Lipinski definition) is 5. The van der Waals surface area contributed by atoms with Crippen LogP contribution in [-0.4, -0.2) is 74.7 Å². The first kappa shape index (κ1) is 30.8. The lowest BCUT2D eigenvalue weighted by Gasteiger charge is -2.27. The molecule has 1 aliphatic rings.